The Labute approximate surface area is 118 Å². The van der Waals surface area contributed by atoms with E-state index in [9.17, 15) is 5.11 Å². The average Bonchev–Trinajstić information content (AvgIpc) is 2.98. The highest BCUT2D eigenvalue weighted by Crippen LogP contribution is 2.35. The molecule has 1 aromatic heterocycles. The van der Waals surface area contributed by atoms with E-state index in [2.05, 4.69) is 22.0 Å². The fourth-order valence-corrected chi connectivity index (χ4v) is 3.55. The first-order chi connectivity index (χ1) is 8.74. The fraction of sp³-hybridized carbons (Fsp3) is 0.286. The van der Waals surface area contributed by atoms with Gasteiger partial charge in [0.25, 0.3) is 0 Å². The van der Waals surface area contributed by atoms with Crippen molar-refractivity contribution in [2.45, 2.75) is 18.9 Å². The second-order valence-corrected chi connectivity index (χ2v) is 6.12. The summed E-state index contributed by atoms with van der Waals surface area (Å²) < 4.78 is 6.73. The van der Waals surface area contributed by atoms with Gasteiger partial charge in [0, 0.05) is 17.3 Å². The Morgan fingerprint density at radius 2 is 2.33 bits per heavy atom. The van der Waals surface area contributed by atoms with Gasteiger partial charge in [0.15, 0.2) is 0 Å². The van der Waals surface area contributed by atoms with E-state index in [1.54, 1.807) is 11.3 Å². The molecule has 4 heteroatoms. The fourth-order valence-electron chi connectivity index (χ4n) is 2.29. The van der Waals surface area contributed by atoms with Crippen LogP contribution in [-0.2, 0) is 12.8 Å². The monoisotopic (exact) mass is 324 g/mol. The van der Waals surface area contributed by atoms with Crippen molar-refractivity contribution in [3.8, 4) is 5.75 Å². The molecule has 2 nitrogen and oxygen atoms in total. The van der Waals surface area contributed by atoms with Crippen LogP contribution in [0.5, 0.6) is 5.75 Å². The van der Waals surface area contributed by atoms with Crippen molar-refractivity contribution >= 4 is 27.3 Å². The molecule has 1 aliphatic heterocycles. The highest BCUT2D eigenvalue weighted by molar-refractivity contribution is 9.10. The molecule has 1 N–H and O–H groups in total. The molecule has 0 aliphatic carbocycles. The molecule has 1 aliphatic rings. The molecule has 2 heterocycles. The van der Waals surface area contributed by atoms with E-state index in [0.29, 0.717) is 6.42 Å². The third-order valence-corrected chi connectivity index (χ3v) is 4.33. The average molecular weight is 325 g/mol. The number of fused-ring (bicyclic) bond motifs is 1. The molecular formula is C14H13BrO2S. The zero-order chi connectivity index (χ0) is 12.5. The molecule has 0 bridgehead atoms. The molecule has 0 saturated heterocycles. The van der Waals surface area contributed by atoms with Crippen molar-refractivity contribution in [3.63, 3.8) is 0 Å². The van der Waals surface area contributed by atoms with Crippen LogP contribution < -0.4 is 4.74 Å². The number of aliphatic hydroxyl groups is 1. The third-order valence-electron chi connectivity index (χ3n) is 3.17. The van der Waals surface area contributed by atoms with Crippen molar-refractivity contribution in [2.24, 2.45) is 0 Å². The Bertz CT molecular complexity index is 551. The lowest BCUT2D eigenvalue weighted by molar-refractivity contribution is 0.177. The molecule has 0 fully saturated rings. The SMILES string of the molecule is OC(Cc1cc(Br)cc2c1OCC2)c1ccsc1. The molecule has 3 rings (SSSR count). The smallest absolute Gasteiger partial charge is 0.125 e. The number of rotatable bonds is 3. The Balaban J connectivity index is 1.89. The second-order valence-electron chi connectivity index (χ2n) is 4.43. The van der Waals surface area contributed by atoms with Crippen molar-refractivity contribution in [1.82, 2.24) is 0 Å². The maximum atomic E-state index is 10.2. The topological polar surface area (TPSA) is 29.5 Å². The molecule has 0 radical (unpaired) electrons. The van der Waals surface area contributed by atoms with E-state index >= 15 is 0 Å². The van der Waals surface area contributed by atoms with Gasteiger partial charge in [0.05, 0.1) is 12.7 Å². The molecular weight excluding hydrogens is 312 g/mol. The number of hydrogen-bond acceptors (Lipinski definition) is 3. The van der Waals surface area contributed by atoms with E-state index in [4.69, 9.17) is 4.74 Å². The summed E-state index contributed by atoms with van der Waals surface area (Å²) in [6, 6.07) is 6.11. The Morgan fingerprint density at radius 1 is 1.44 bits per heavy atom. The minimum absolute atomic E-state index is 0.459. The predicted octanol–water partition coefficient (Wildman–Crippen LogP) is 3.72. The minimum atomic E-state index is -0.459. The van der Waals surface area contributed by atoms with Gasteiger partial charge in [-0.15, -0.1) is 0 Å². The van der Waals surface area contributed by atoms with E-state index in [1.165, 1.54) is 5.56 Å². The van der Waals surface area contributed by atoms with Crippen LogP contribution in [0.4, 0.5) is 0 Å². The number of ether oxygens (including phenoxy) is 1. The first-order valence-electron chi connectivity index (χ1n) is 5.88. The summed E-state index contributed by atoms with van der Waals surface area (Å²) in [4.78, 5) is 0. The molecule has 0 spiro atoms. The molecule has 1 atom stereocenters. The minimum Gasteiger partial charge on any atom is -0.493 e. The van der Waals surface area contributed by atoms with Crippen LogP contribution in [0.2, 0.25) is 0 Å². The van der Waals surface area contributed by atoms with Gasteiger partial charge < -0.3 is 9.84 Å². The maximum Gasteiger partial charge on any atom is 0.125 e. The lowest BCUT2D eigenvalue weighted by Crippen LogP contribution is -2.02. The lowest BCUT2D eigenvalue weighted by Gasteiger charge is -2.13. The molecule has 0 amide bonds. The van der Waals surface area contributed by atoms with Crippen molar-refractivity contribution < 1.29 is 9.84 Å². The van der Waals surface area contributed by atoms with Gasteiger partial charge in [0.1, 0.15) is 5.75 Å². The molecule has 94 valence electrons. The zero-order valence-corrected chi connectivity index (χ0v) is 12.1. The quantitative estimate of drug-likeness (QED) is 0.932. The van der Waals surface area contributed by atoms with E-state index in [-0.39, 0.29) is 0 Å². The van der Waals surface area contributed by atoms with Crippen LogP contribution in [0.1, 0.15) is 22.8 Å². The van der Waals surface area contributed by atoms with Gasteiger partial charge in [-0.3, -0.25) is 0 Å². The summed E-state index contributed by atoms with van der Waals surface area (Å²) >= 11 is 5.13. The van der Waals surface area contributed by atoms with Crippen molar-refractivity contribution in [3.05, 3.63) is 50.1 Å². The standard InChI is InChI=1S/C14H13BrO2S/c15-12-5-9-1-3-17-14(9)11(6-12)7-13(16)10-2-4-18-8-10/h2,4-6,8,13,16H,1,3,7H2. The molecule has 0 saturated carbocycles. The summed E-state index contributed by atoms with van der Waals surface area (Å²) in [6.45, 7) is 0.743. The van der Waals surface area contributed by atoms with Crippen LogP contribution in [-0.4, -0.2) is 11.7 Å². The van der Waals surface area contributed by atoms with Gasteiger partial charge in [-0.05, 0) is 45.6 Å². The molecule has 1 aromatic carbocycles. The van der Waals surface area contributed by atoms with Gasteiger partial charge in [-0.2, -0.15) is 11.3 Å². The van der Waals surface area contributed by atoms with Crippen LogP contribution in [0.15, 0.2) is 33.4 Å². The molecule has 1 unspecified atom stereocenters. The van der Waals surface area contributed by atoms with Crippen LogP contribution in [0, 0.1) is 0 Å². The summed E-state index contributed by atoms with van der Waals surface area (Å²) in [5.41, 5.74) is 3.29. The van der Waals surface area contributed by atoms with Crippen molar-refractivity contribution in [2.75, 3.05) is 6.61 Å². The number of hydrogen-bond donors (Lipinski definition) is 1. The third kappa shape index (κ3) is 2.32. The highest BCUT2D eigenvalue weighted by Gasteiger charge is 2.20. The number of halogens is 1. The summed E-state index contributed by atoms with van der Waals surface area (Å²) in [5, 5.41) is 14.2. The van der Waals surface area contributed by atoms with Gasteiger partial charge >= 0.3 is 0 Å². The summed E-state index contributed by atoms with van der Waals surface area (Å²) in [6.07, 6.45) is 1.09. The van der Waals surface area contributed by atoms with E-state index < -0.39 is 6.10 Å². The van der Waals surface area contributed by atoms with Crippen LogP contribution in [0.25, 0.3) is 0 Å². The Hall–Kier alpha value is -0.840. The van der Waals surface area contributed by atoms with Crippen LogP contribution in [0.3, 0.4) is 0 Å². The predicted molar refractivity (Wildman–Crippen MR) is 76.3 cm³/mol. The first kappa shape index (κ1) is 12.2. The largest absolute Gasteiger partial charge is 0.493 e. The molecule has 18 heavy (non-hydrogen) atoms. The van der Waals surface area contributed by atoms with Gasteiger partial charge in [-0.1, -0.05) is 15.9 Å². The lowest BCUT2D eigenvalue weighted by atomic mass is 10.0. The number of thiophene rings is 1. The number of aliphatic hydroxyl groups excluding tert-OH is 1. The van der Waals surface area contributed by atoms with Crippen LogP contribution >= 0.6 is 27.3 Å². The van der Waals surface area contributed by atoms with Gasteiger partial charge in [0.2, 0.25) is 0 Å². The van der Waals surface area contributed by atoms with Gasteiger partial charge in [-0.25, -0.2) is 0 Å². The number of benzene rings is 1. The molecule has 2 aromatic rings. The highest BCUT2D eigenvalue weighted by atomic mass is 79.9. The first-order valence-corrected chi connectivity index (χ1v) is 7.62. The maximum absolute atomic E-state index is 10.2. The van der Waals surface area contributed by atoms with Crippen molar-refractivity contribution in [1.29, 1.82) is 0 Å². The summed E-state index contributed by atoms with van der Waals surface area (Å²) in [7, 11) is 0. The van der Waals surface area contributed by atoms with E-state index in [0.717, 1.165) is 34.4 Å². The normalized spacial score (nSPS) is 15.2. The Morgan fingerprint density at radius 3 is 3.11 bits per heavy atom. The zero-order valence-electron chi connectivity index (χ0n) is 9.73. The summed E-state index contributed by atoms with van der Waals surface area (Å²) in [5.74, 6) is 0.965. The Kier molecular flexibility index (Phi) is 3.41. The second kappa shape index (κ2) is 5.03. The van der Waals surface area contributed by atoms with E-state index in [1.807, 2.05) is 22.9 Å².